The smallest absolute Gasteiger partial charge is 0.262 e. The van der Waals surface area contributed by atoms with Crippen molar-refractivity contribution in [2.75, 3.05) is 5.75 Å². The lowest BCUT2D eigenvalue weighted by molar-refractivity contribution is 0.448. The van der Waals surface area contributed by atoms with Crippen LogP contribution in [-0.2, 0) is 0 Å². The van der Waals surface area contributed by atoms with Gasteiger partial charge in [-0.05, 0) is 36.6 Å². The van der Waals surface area contributed by atoms with Crippen LogP contribution in [0.3, 0.4) is 0 Å². The first-order valence-corrected chi connectivity index (χ1v) is 8.22. The Balaban J connectivity index is 2.05. The Kier molecular flexibility index (Phi) is 4.01. The van der Waals surface area contributed by atoms with E-state index >= 15 is 0 Å². The van der Waals surface area contributed by atoms with Gasteiger partial charge in [0.15, 0.2) is 0 Å². The van der Waals surface area contributed by atoms with Gasteiger partial charge in [0.2, 0.25) is 5.88 Å². The van der Waals surface area contributed by atoms with Crippen LogP contribution in [0.1, 0.15) is 35.9 Å². The molecule has 1 unspecified atom stereocenters. The van der Waals surface area contributed by atoms with E-state index in [1.165, 1.54) is 6.42 Å². The largest absolute Gasteiger partial charge is 0.493 e. The number of hydrogen-bond acceptors (Lipinski definition) is 4. The number of nitrogens with one attached hydrogen (secondary N) is 1. The number of H-pyrrole nitrogens is 1. The first-order chi connectivity index (χ1) is 10.2. The SMILES string of the molecule is Cc1ccccc1-c1c(O)nc(C2CCCCS2)[nH]c1=O. The molecule has 1 atom stereocenters. The highest BCUT2D eigenvalue weighted by molar-refractivity contribution is 7.99. The Morgan fingerprint density at radius 3 is 2.81 bits per heavy atom. The van der Waals surface area contributed by atoms with Crippen molar-refractivity contribution in [3.05, 3.63) is 46.0 Å². The number of nitrogens with zero attached hydrogens (tertiary/aromatic N) is 1. The Hall–Kier alpha value is -1.75. The van der Waals surface area contributed by atoms with E-state index in [0.29, 0.717) is 5.82 Å². The molecule has 1 aromatic heterocycles. The number of thioether (sulfide) groups is 1. The van der Waals surface area contributed by atoms with Gasteiger partial charge in [-0.15, -0.1) is 0 Å². The van der Waals surface area contributed by atoms with E-state index in [0.717, 1.165) is 29.7 Å². The first kappa shape index (κ1) is 14.2. The van der Waals surface area contributed by atoms with Crippen molar-refractivity contribution in [3.8, 4) is 17.0 Å². The maximum absolute atomic E-state index is 12.4. The van der Waals surface area contributed by atoms with E-state index < -0.39 is 0 Å². The fourth-order valence-corrected chi connectivity index (χ4v) is 3.94. The highest BCUT2D eigenvalue weighted by Gasteiger charge is 2.21. The van der Waals surface area contributed by atoms with Crippen LogP contribution < -0.4 is 5.56 Å². The van der Waals surface area contributed by atoms with Crippen LogP contribution in [0.25, 0.3) is 11.1 Å². The van der Waals surface area contributed by atoms with Crippen LogP contribution in [0.2, 0.25) is 0 Å². The average Bonchev–Trinajstić information content (AvgIpc) is 2.49. The third kappa shape index (κ3) is 2.83. The molecule has 1 saturated heterocycles. The van der Waals surface area contributed by atoms with Gasteiger partial charge in [-0.3, -0.25) is 4.79 Å². The summed E-state index contributed by atoms with van der Waals surface area (Å²) in [4.78, 5) is 19.5. The molecule has 0 bridgehead atoms. The van der Waals surface area contributed by atoms with Gasteiger partial charge in [-0.1, -0.05) is 30.7 Å². The van der Waals surface area contributed by atoms with Crippen molar-refractivity contribution in [1.82, 2.24) is 9.97 Å². The summed E-state index contributed by atoms with van der Waals surface area (Å²) < 4.78 is 0. The lowest BCUT2D eigenvalue weighted by atomic mass is 10.0. The number of aryl methyl sites for hydroxylation is 1. The molecule has 1 aromatic carbocycles. The molecule has 1 aliphatic heterocycles. The second-order valence-electron chi connectivity index (χ2n) is 5.32. The summed E-state index contributed by atoms with van der Waals surface area (Å²) in [6.07, 6.45) is 3.34. The van der Waals surface area contributed by atoms with E-state index in [2.05, 4.69) is 9.97 Å². The van der Waals surface area contributed by atoms with Gasteiger partial charge in [0.05, 0.1) is 5.25 Å². The van der Waals surface area contributed by atoms with Crippen LogP contribution in [0.5, 0.6) is 5.88 Å². The van der Waals surface area contributed by atoms with Crippen molar-refractivity contribution in [2.24, 2.45) is 0 Å². The lowest BCUT2D eigenvalue weighted by Gasteiger charge is -2.20. The molecule has 1 fully saturated rings. The third-order valence-corrected chi connectivity index (χ3v) is 5.20. The fourth-order valence-electron chi connectivity index (χ4n) is 2.68. The van der Waals surface area contributed by atoms with Crippen LogP contribution >= 0.6 is 11.8 Å². The van der Waals surface area contributed by atoms with Crippen LogP contribution in [0.4, 0.5) is 0 Å². The Morgan fingerprint density at radius 1 is 1.33 bits per heavy atom. The zero-order valence-corrected chi connectivity index (χ0v) is 12.7. The van der Waals surface area contributed by atoms with Gasteiger partial charge in [0, 0.05) is 0 Å². The molecule has 0 aliphatic carbocycles. The number of rotatable bonds is 2. The summed E-state index contributed by atoms with van der Waals surface area (Å²) in [5.41, 5.74) is 1.67. The lowest BCUT2D eigenvalue weighted by Crippen LogP contribution is -2.17. The van der Waals surface area contributed by atoms with Crippen molar-refractivity contribution in [2.45, 2.75) is 31.4 Å². The molecule has 0 spiro atoms. The number of benzene rings is 1. The molecule has 4 nitrogen and oxygen atoms in total. The minimum atomic E-state index is -0.266. The quantitative estimate of drug-likeness (QED) is 0.892. The van der Waals surface area contributed by atoms with Crippen molar-refractivity contribution in [3.63, 3.8) is 0 Å². The van der Waals surface area contributed by atoms with Crippen LogP contribution in [-0.4, -0.2) is 20.8 Å². The van der Waals surface area contributed by atoms with Gasteiger partial charge in [0.25, 0.3) is 5.56 Å². The molecular formula is C16H18N2O2S. The predicted octanol–water partition coefficient (Wildman–Crippen LogP) is 3.41. The van der Waals surface area contributed by atoms with Crippen molar-refractivity contribution >= 4 is 11.8 Å². The molecule has 2 aromatic rings. The highest BCUT2D eigenvalue weighted by Crippen LogP contribution is 2.37. The maximum Gasteiger partial charge on any atom is 0.262 e. The molecule has 0 saturated carbocycles. The first-order valence-electron chi connectivity index (χ1n) is 7.17. The van der Waals surface area contributed by atoms with E-state index in [1.54, 1.807) is 11.8 Å². The zero-order valence-electron chi connectivity index (χ0n) is 11.9. The molecule has 21 heavy (non-hydrogen) atoms. The second-order valence-corrected chi connectivity index (χ2v) is 6.63. The predicted molar refractivity (Wildman–Crippen MR) is 85.7 cm³/mol. The van der Waals surface area contributed by atoms with Gasteiger partial charge in [-0.2, -0.15) is 16.7 Å². The summed E-state index contributed by atoms with van der Waals surface area (Å²) in [5.74, 6) is 1.50. The molecule has 0 radical (unpaired) electrons. The number of aromatic hydroxyl groups is 1. The molecule has 2 heterocycles. The monoisotopic (exact) mass is 302 g/mol. The molecule has 3 rings (SSSR count). The Morgan fingerprint density at radius 2 is 2.14 bits per heavy atom. The van der Waals surface area contributed by atoms with Gasteiger partial charge < -0.3 is 10.1 Å². The minimum Gasteiger partial charge on any atom is -0.493 e. The second kappa shape index (κ2) is 5.93. The van der Waals surface area contributed by atoms with Gasteiger partial charge >= 0.3 is 0 Å². The van der Waals surface area contributed by atoms with Crippen molar-refractivity contribution < 1.29 is 5.11 Å². The number of hydrogen-bond donors (Lipinski definition) is 2. The molecular weight excluding hydrogens is 284 g/mol. The van der Waals surface area contributed by atoms with Crippen LogP contribution in [0, 0.1) is 6.92 Å². The molecule has 1 aliphatic rings. The van der Waals surface area contributed by atoms with E-state index in [1.807, 2.05) is 31.2 Å². The Labute approximate surface area is 127 Å². The van der Waals surface area contributed by atoms with Crippen molar-refractivity contribution in [1.29, 1.82) is 0 Å². The summed E-state index contributed by atoms with van der Waals surface area (Å²) >= 11 is 1.79. The number of aromatic nitrogens is 2. The van der Waals surface area contributed by atoms with Gasteiger partial charge in [-0.25, -0.2) is 0 Å². The fraction of sp³-hybridized carbons (Fsp3) is 0.375. The molecule has 110 valence electrons. The van der Waals surface area contributed by atoms with E-state index in [4.69, 9.17) is 0 Å². The standard InChI is InChI=1S/C16H18N2O2S/c1-10-6-2-3-7-11(10)13-15(19)17-14(18-16(13)20)12-8-4-5-9-21-12/h2-3,6-7,12H,4-5,8-9H2,1H3,(H2,17,18,19,20). The summed E-state index contributed by atoms with van der Waals surface area (Å²) in [5, 5.41) is 10.4. The summed E-state index contributed by atoms with van der Waals surface area (Å²) in [6, 6.07) is 7.51. The maximum atomic E-state index is 12.4. The topological polar surface area (TPSA) is 66.0 Å². The van der Waals surface area contributed by atoms with Gasteiger partial charge in [0.1, 0.15) is 11.4 Å². The summed E-state index contributed by atoms with van der Waals surface area (Å²) in [7, 11) is 0. The number of aromatic amines is 1. The normalized spacial score (nSPS) is 18.6. The van der Waals surface area contributed by atoms with E-state index in [-0.39, 0.29) is 22.3 Å². The molecule has 0 amide bonds. The van der Waals surface area contributed by atoms with E-state index in [9.17, 15) is 9.90 Å². The summed E-state index contributed by atoms with van der Waals surface area (Å²) in [6.45, 7) is 1.92. The molecule has 5 heteroatoms. The molecule has 2 N–H and O–H groups in total. The third-order valence-electron chi connectivity index (χ3n) is 3.82. The van der Waals surface area contributed by atoms with Crippen LogP contribution in [0.15, 0.2) is 29.1 Å². The highest BCUT2D eigenvalue weighted by atomic mass is 32.2. The Bertz CT molecular complexity index is 706. The average molecular weight is 302 g/mol. The zero-order chi connectivity index (χ0) is 14.8. The minimum absolute atomic E-state index is 0.172.